The highest BCUT2D eigenvalue weighted by molar-refractivity contribution is 7.10. The van der Waals surface area contributed by atoms with Crippen molar-refractivity contribution in [2.75, 3.05) is 52.5 Å². The molecule has 1 fully saturated rings. The fourth-order valence-corrected chi connectivity index (χ4v) is 4.48. The van der Waals surface area contributed by atoms with E-state index in [1.807, 2.05) is 19.1 Å². The summed E-state index contributed by atoms with van der Waals surface area (Å²) >= 11 is 1.80. The molecule has 172 valence electrons. The first kappa shape index (κ1) is 23.8. The van der Waals surface area contributed by atoms with Crippen molar-refractivity contribution in [2.45, 2.75) is 38.8 Å². The first-order valence-corrected chi connectivity index (χ1v) is 12.2. The van der Waals surface area contributed by atoms with Crippen molar-refractivity contribution < 1.29 is 13.9 Å². The van der Waals surface area contributed by atoms with Crippen LogP contribution in [0.1, 0.15) is 36.9 Å². The molecular formula is C23H36N4O3S. The van der Waals surface area contributed by atoms with Gasteiger partial charge in [-0.05, 0) is 43.8 Å². The Kier molecular flexibility index (Phi) is 10.4. The highest BCUT2D eigenvalue weighted by atomic mass is 32.1. The second kappa shape index (κ2) is 13.5. The lowest BCUT2D eigenvalue weighted by molar-refractivity contribution is -0.0327. The van der Waals surface area contributed by atoms with Crippen LogP contribution in [0.15, 0.2) is 45.3 Å². The van der Waals surface area contributed by atoms with Crippen LogP contribution in [-0.2, 0) is 15.9 Å². The van der Waals surface area contributed by atoms with E-state index in [0.29, 0.717) is 6.54 Å². The summed E-state index contributed by atoms with van der Waals surface area (Å²) in [5.74, 6) is 1.81. The Morgan fingerprint density at radius 2 is 2.23 bits per heavy atom. The van der Waals surface area contributed by atoms with Crippen molar-refractivity contribution in [1.82, 2.24) is 15.5 Å². The van der Waals surface area contributed by atoms with Gasteiger partial charge in [-0.2, -0.15) is 0 Å². The smallest absolute Gasteiger partial charge is 0.191 e. The summed E-state index contributed by atoms with van der Waals surface area (Å²) in [7, 11) is 0. The lowest BCUT2D eigenvalue weighted by Crippen LogP contribution is -2.44. The average Bonchev–Trinajstić information content (AvgIpc) is 3.48. The molecule has 0 spiro atoms. The van der Waals surface area contributed by atoms with E-state index in [1.54, 1.807) is 17.6 Å². The molecule has 8 heteroatoms. The van der Waals surface area contributed by atoms with Gasteiger partial charge in [-0.15, -0.1) is 11.3 Å². The molecule has 3 rings (SSSR count). The molecule has 2 aromatic heterocycles. The fourth-order valence-electron chi connectivity index (χ4n) is 3.63. The number of aliphatic imine (C=N–C) groups is 1. The second-order valence-corrected chi connectivity index (χ2v) is 8.61. The van der Waals surface area contributed by atoms with Gasteiger partial charge in [0.1, 0.15) is 5.76 Å². The minimum atomic E-state index is 0.253. The molecule has 0 bridgehead atoms. The number of nitrogens with zero attached hydrogens (tertiary/aromatic N) is 2. The highest BCUT2D eigenvalue weighted by Gasteiger charge is 2.26. The van der Waals surface area contributed by atoms with Crippen LogP contribution in [0, 0.1) is 0 Å². The topological polar surface area (TPSA) is 71.3 Å². The first-order chi connectivity index (χ1) is 15.3. The van der Waals surface area contributed by atoms with Gasteiger partial charge in [0.15, 0.2) is 5.96 Å². The zero-order chi connectivity index (χ0) is 21.7. The fraction of sp³-hybridized carbons (Fsp3) is 0.609. The number of thiophene rings is 1. The van der Waals surface area contributed by atoms with Crippen molar-refractivity contribution in [2.24, 2.45) is 4.99 Å². The van der Waals surface area contributed by atoms with Crippen molar-refractivity contribution >= 4 is 17.3 Å². The predicted octanol–water partition coefficient (Wildman–Crippen LogP) is 3.31. The number of ether oxygens (including phenoxy) is 2. The summed E-state index contributed by atoms with van der Waals surface area (Å²) in [6, 6.07) is 8.52. The Hall–Kier alpha value is -1.87. The van der Waals surface area contributed by atoms with Gasteiger partial charge in [-0.25, -0.2) is 0 Å². The van der Waals surface area contributed by atoms with Gasteiger partial charge in [0.25, 0.3) is 0 Å². The molecule has 1 saturated heterocycles. The van der Waals surface area contributed by atoms with Gasteiger partial charge >= 0.3 is 0 Å². The van der Waals surface area contributed by atoms with E-state index in [4.69, 9.17) is 18.9 Å². The summed E-state index contributed by atoms with van der Waals surface area (Å²) < 4.78 is 16.7. The van der Waals surface area contributed by atoms with Gasteiger partial charge in [0.2, 0.25) is 0 Å². The van der Waals surface area contributed by atoms with Gasteiger partial charge < -0.3 is 24.5 Å². The van der Waals surface area contributed by atoms with E-state index in [9.17, 15) is 0 Å². The molecule has 0 aromatic carbocycles. The van der Waals surface area contributed by atoms with Gasteiger partial charge in [0, 0.05) is 50.7 Å². The summed E-state index contributed by atoms with van der Waals surface area (Å²) in [4.78, 5) is 8.81. The Bertz CT molecular complexity index is 736. The van der Waals surface area contributed by atoms with E-state index in [-0.39, 0.29) is 12.1 Å². The number of nitrogens with one attached hydrogen (secondary N) is 2. The SMILES string of the molecule is CCOCCCNC(=NCC(c1cccs1)N1CCOC(C)C1)NCCc1ccco1. The molecule has 0 saturated carbocycles. The monoisotopic (exact) mass is 448 g/mol. The van der Waals surface area contributed by atoms with Crippen LogP contribution >= 0.6 is 11.3 Å². The van der Waals surface area contributed by atoms with Crippen molar-refractivity contribution in [1.29, 1.82) is 0 Å². The maximum absolute atomic E-state index is 5.76. The Labute approximate surface area is 189 Å². The number of hydrogen-bond acceptors (Lipinski definition) is 6. The summed E-state index contributed by atoms with van der Waals surface area (Å²) in [5.41, 5.74) is 0. The molecule has 0 radical (unpaired) electrons. The standard InChI is InChI=1S/C23H36N4O3S/c1-3-28-13-6-10-24-23(25-11-9-20-7-4-14-30-20)26-17-21(22-8-5-16-31-22)27-12-15-29-19(2)18-27/h4-5,7-8,14,16,19,21H,3,6,9-13,15,17-18H2,1-2H3,(H2,24,25,26). The summed E-state index contributed by atoms with van der Waals surface area (Å²) in [5, 5.41) is 9.06. The van der Waals surface area contributed by atoms with Crippen LogP contribution < -0.4 is 10.6 Å². The molecule has 2 atom stereocenters. The lowest BCUT2D eigenvalue weighted by atomic mass is 10.1. The van der Waals surface area contributed by atoms with Crippen LogP contribution in [0.4, 0.5) is 0 Å². The van der Waals surface area contributed by atoms with Crippen LogP contribution in [-0.4, -0.2) is 69.5 Å². The number of morpholine rings is 1. The molecular weight excluding hydrogens is 412 g/mol. The third kappa shape index (κ3) is 8.29. The summed E-state index contributed by atoms with van der Waals surface area (Å²) in [6.45, 7) is 10.6. The van der Waals surface area contributed by atoms with Crippen LogP contribution in [0.2, 0.25) is 0 Å². The van der Waals surface area contributed by atoms with Crippen molar-refractivity contribution in [3.8, 4) is 0 Å². The zero-order valence-electron chi connectivity index (χ0n) is 18.7. The van der Waals surface area contributed by atoms with Crippen molar-refractivity contribution in [3.63, 3.8) is 0 Å². The van der Waals surface area contributed by atoms with E-state index in [1.165, 1.54) is 4.88 Å². The molecule has 1 aliphatic rings. The van der Waals surface area contributed by atoms with Gasteiger partial charge in [0.05, 0.1) is 31.6 Å². The molecule has 2 N–H and O–H groups in total. The number of rotatable bonds is 12. The molecule has 0 amide bonds. The lowest BCUT2D eigenvalue weighted by Gasteiger charge is -2.36. The maximum Gasteiger partial charge on any atom is 0.191 e. The Morgan fingerprint density at radius 1 is 1.32 bits per heavy atom. The van der Waals surface area contributed by atoms with Crippen LogP contribution in [0.3, 0.4) is 0 Å². The second-order valence-electron chi connectivity index (χ2n) is 7.63. The van der Waals surface area contributed by atoms with E-state index < -0.39 is 0 Å². The number of furan rings is 1. The molecule has 2 aromatic rings. The largest absolute Gasteiger partial charge is 0.469 e. The van der Waals surface area contributed by atoms with E-state index >= 15 is 0 Å². The minimum Gasteiger partial charge on any atom is -0.469 e. The number of guanidine groups is 1. The average molecular weight is 449 g/mol. The summed E-state index contributed by atoms with van der Waals surface area (Å²) in [6.07, 6.45) is 3.73. The number of hydrogen-bond donors (Lipinski definition) is 2. The molecule has 1 aliphatic heterocycles. The zero-order valence-corrected chi connectivity index (χ0v) is 19.5. The third-order valence-electron chi connectivity index (χ3n) is 5.21. The normalized spacial score (nSPS) is 18.8. The van der Waals surface area contributed by atoms with Gasteiger partial charge in [-0.1, -0.05) is 6.07 Å². The van der Waals surface area contributed by atoms with Gasteiger partial charge in [-0.3, -0.25) is 9.89 Å². The minimum absolute atomic E-state index is 0.253. The quantitative estimate of drug-likeness (QED) is 0.295. The van der Waals surface area contributed by atoms with Crippen LogP contribution in [0.25, 0.3) is 0 Å². The predicted molar refractivity (Wildman–Crippen MR) is 126 cm³/mol. The Balaban J connectivity index is 1.61. The molecule has 3 heterocycles. The first-order valence-electron chi connectivity index (χ1n) is 11.3. The molecule has 7 nitrogen and oxygen atoms in total. The molecule has 31 heavy (non-hydrogen) atoms. The third-order valence-corrected chi connectivity index (χ3v) is 6.19. The Morgan fingerprint density at radius 3 is 2.97 bits per heavy atom. The molecule has 0 aliphatic carbocycles. The van der Waals surface area contributed by atoms with E-state index in [2.05, 4.69) is 40.0 Å². The highest BCUT2D eigenvalue weighted by Crippen LogP contribution is 2.27. The van der Waals surface area contributed by atoms with E-state index in [0.717, 1.165) is 70.6 Å². The van der Waals surface area contributed by atoms with Crippen molar-refractivity contribution in [3.05, 3.63) is 46.5 Å². The van der Waals surface area contributed by atoms with Crippen LogP contribution in [0.5, 0.6) is 0 Å². The molecule has 2 unspecified atom stereocenters. The maximum atomic E-state index is 5.76.